The molecule has 1 N–H and O–H groups in total. The summed E-state index contributed by atoms with van der Waals surface area (Å²) >= 11 is 3.29. The van der Waals surface area contributed by atoms with E-state index in [-0.39, 0.29) is 11.4 Å². The Morgan fingerprint density at radius 2 is 1.92 bits per heavy atom. The molecule has 1 heterocycles. The van der Waals surface area contributed by atoms with Crippen LogP contribution in [0.25, 0.3) is 0 Å². The molecule has 0 aliphatic carbocycles. The van der Waals surface area contributed by atoms with E-state index in [0.29, 0.717) is 11.1 Å². The van der Waals surface area contributed by atoms with Crippen LogP contribution in [0.2, 0.25) is 0 Å². The van der Waals surface area contributed by atoms with E-state index >= 15 is 0 Å². The minimum Gasteiger partial charge on any atom is -0.347 e. The molecule has 0 spiro atoms. The van der Waals surface area contributed by atoms with Crippen molar-refractivity contribution in [2.75, 3.05) is 32.5 Å². The molecule has 7 nitrogen and oxygen atoms in total. The maximum absolute atomic E-state index is 12.1. The highest BCUT2D eigenvalue weighted by Gasteiger charge is 2.07. The molecule has 0 bridgehead atoms. The zero-order valence-electron chi connectivity index (χ0n) is 14.6. The summed E-state index contributed by atoms with van der Waals surface area (Å²) in [4.78, 5) is 30.6. The Kier molecular flexibility index (Phi) is 6.72. The lowest BCUT2D eigenvalue weighted by Crippen LogP contribution is -2.29. The van der Waals surface area contributed by atoms with Crippen LogP contribution in [0.1, 0.15) is 5.56 Å². The minimum atomic E-state index is -0.189. The maximum atomic E-state index is 12.1. The van der Waals surface area contributed by atoms with Crippen LogP contribution >= 0.6 is 15.9 Å². The molecule has 0 fully saturated rings. The molecule has 0 aliphatic heterocycles. The summed E-state index contributed by atoms with van der Waals surface area (Å²) in [5, 5.41) is 3.05. The molecule has 0 radical (unpaired) electrons. The maximum Gasteiger partial charge on any atom is 0.293 e. The van der Waals surface area contributed by atoms with Crippen molar-refractivity contribution in [1.29, 1.82) is 0 Å². The van der Waals surface area contributed by atoms with Crippen molar-refractivity contribution < 1.29 is 4.79 Å². The van der Waals surface area contributed by atoms with E-state index < -0.39 is 0 Å². The lowest BCUT2D eigenvalue weighted by Gasteiger charge is -2.19. The van der Waals surface area contributed by atoms with Gasteiger partial charge in [0.15, 0.2) is 5.82 Å². The SMILES string of the molecule is CN(C=O)CCN(C)Cc1ccc(Nc2nc(Br)cn(C)c2=O)cc1. The summed E-state index contributed by atoms with van der Waals surface area (Å²) in [5.74, 6) is 0.277. The van der Waals surface area contributed by atoms with Crippen molar-refractivity contribution in [3.63, 3.8) is 0 Å². The predicted octanol–water partition coefficient (Wildman–Crippen LogP) is 1.81. The number of hydrogen-bond acceptors (Lipinski definition) is 5. The van der Waals surface area contributed by atoms with Crippen LogP contribution in [0.15, 0.2) is 39.9 Å². The van der Waals surface area contributed by atoms with Crippen LogP contribution in [0.3, 0.4) is 0 Å². The number of nitrogens with one attached hydrogen (secondary N) is 1. The predicted molar refractivity (Wildman–Crippen MR) is 102 cm³/mol. The summed E-state index contributed by atoms with van der Waals surface area (Å²) in [5.41, 5.74) is 1.76. The number of carbonyl (C=O) groups is 1. The van der Waals surface area contributed by atoms with Crippen LogP contribution < -0.4 is 10.9 Å². The molecule has 1 aromatic heterocycles. The van der Waals surface area contributed by atoms with E-state index in [1.54, 1.807) is 25.2 Å². The molecule has 0 saturated heterocycles. The first-order valence-corrected chi connectivity index (χ1v) is 8.61. The number of carbonyl (C=O) groups excluding carboxylic acids is 1. The number of nitrogens with zero attached hydrogens (tertiary/aromatic N) is 4. The van der Waals surface area contributed by atoms with Crippen molar-refractivity contribution in [2.45, 2.75) is 6.54 Å². The number of aromatic nitrogens is 2. The normalized spacial score (nSPS) is 10.8. The summed E-state index contributed by atoms with van der Waals surface area (Å²) in [6.07, 6.45) is 2.45. The Morgan fingerprint density at radius 1 is 1.24 bits per heavy atom. The molecule has 134 valence electrons. The number of rotatable bonds is 8. The molecule has 1 aromatic carbocycles. The summed E-state index contributed by atoms with van der Waals surface area (Å²) < 4.78 is 2.06. The van der Waals surface area contributed by atoms with Gasteiger partial charge in [0.1, 0.15) is 4.60 Å². The van der Waals surface area contributed by atoms with Crippen LogP contribution in [-0.4, -0.2) is 52.9 Å². The molecule has 2 rings (SSSR count). The lowest BCUT2D eigenvalue weighted by molar-refractivity contribution is -0.117. The highest BCUT2D eigenvalue weighted by atomic mass is 79.9. The van der Waals surface area contributed by atoms with Gasteiger partial charge < -0.3 is 19.7 Å². The van der Waals surface area contributed by atoms with Gasteiger partial charge in [0.25, 0.3) is 5.56 Å². The van der Waals surface area contributed by atoms with Crippen LogP contribution in [0.4, 0.5) is 11.5 Å². The van der Waals surface area contributed by atoms with Crippen molar-refractivity contribution in [2.24, 2.45) is 7.05 Å². The Labute approximate surface area is 155 Å². The van der Waals surface area contributed by atoms with E-state index in [9.17, 15) is 9.59 Å². The van der Waals surface area contributed by atoms with Crippen molar-refractivity contribution >= 4 is 33.8 Å². The van der Waals surface area contributed by atoms with Gasteiger partial charge in [0.2, 0.25) is 6.41 Å². The first-order valence-electron chi connectivity index (χ1n) is 7.82. The number of hydrogen-bond donors (Lipinski definition) is 1. The highest BCUT2D eigenvalue weighted by Crippen LogP contribution is 2.15. The van der Waals surface area contributed by atoms with Gasteiger partial charge in [-0.1, -0.05) is 12.1 Å². The molecule has 2 aromatic rings. The summed E-state index contributed by atoms with van der Waals surface area (Å²) in [6.45, 7) is 2.27. The first kappa shape index (κ1) is 19.1. The largest absolute Gasteiger partial charge is 0.347 e. The van der Waals surface area contributed by atoms with Gasteiger partial charge in [-0.3, -0.25) is 9.59 Å². The second-order valence-electron chi connectivity index (χ2n) is 5.97. The Morgan fingerprint density at radius 3 is 2.56 bits per heavy atom. The molecule has 0 unspecified atom stereocenters. The summed E-state index contributed by atoms with van der Waals surface area (Å²) in [6, 6.07) is 7.85. The second kappa shape index (κ2) is 8.77. The van der Waals surface area contributed by atoms with E-state index in [1.165, 1.54) is 4.57 Å². The monoisotopic (exact) mass is 407 g/mol. The Bertz CT molecular complexity index is 776. The molecule has 0 atom stereocenters. The number of halogens is 1. The fraction of sp³-hybridized carbons (Fsp3) is 0.353. The van der Waals surface area contributed by atoms with Crippen LogP contribution in [0.5, 0.6) is 0 Å². The molecule has 0 aliphatic rings. The molecular weight excluding hydrogens is 386 g/mol. The average Bonchev–Trinajstić information content (AvgIpc) is 2.58. The zero-order chi connectivity index (χ0) is 18.4. The van der Waals surface area contributed by atoms with Gasteiger partial charge in [0, 0.05) is 45.6 Å². The van der Waals surface area contributed by atoms with E-state index in [4.69, 9.17) is 0 Å². The number of likely N-dealkylation sites (N-methyl/N-ethyl adjacent to an activating group) is 2. The molecule has 8 heteroatoms. The Hall–Kier alpha value is -2.19. The van der Waals surface area contributed by atoms with E-state index in [0.717, 1.165) is 30.8 Å². The van der Waals surface area contributed by atoms with Gasteiger partial charge in [-0.25, -0.2) is 4.98 Å². The fourth-order valence-corrected chi connectivity index (χ4v) is 2.74. The van der Waals surface area contributed by atoms with Gasteiger partial charge in [-0.2, -0.15) is 0 Å². The molecule has 25 heavy (non-hydrogen) atoms. The van der Waals surface area contributed by atoms with Crippen molar-refractivity contribution in [3.8, 4) is 0 Å². The third-order valence-electron chi connectivity index (χ3n) is 3.73. The van der Waals surface area contributed by atoms with E-state index in [2.05, 4.69) is 31.1 Å². The minimum absolute atomic E-state index is 0.189. The molecule has 0 saturated carbocycles. The summed E-state index contributed by atoms with van der Waals surface area (Å²) in [7, 11) is 5.46. The standard InChI is InChI=1S/C17H22BrN5O2/c1-21(8-9-22(2)12-24)10-13-4-6-14(7-5-13)19-16-17(25)23(3)11-15(18)20-16/h4-7,11-12H,8-10H2,1-3H3,(H,19,20). The lowest BCUT2D eigenvalue weighted by atomic mass is 10.2. The van der Waals surface area contributed by atoms with Gasteiger partial charge in [-0.15, -0.1) is 0 Å². The first-order chi connectivity index (χ1) is 11.9. The van der Waals surface area contributed by atoms with E-state index in [1.807, 2.05) is 31.3 Å². The number of aryl methyl sites for hydroxylation is 1. The molecule has 1 amide bonds. The smallest absolute Gasteiger partial charge is 0.293 e. The number of benzene rings is 1. The van der Waals surface area contributed by atoms with Crippen molar-refractivity contribution in [3.05, 3.63) is 51.0 Å². The molecular formula is C17H22BrN5O2. The average molecular weight is 408 g/mol. The topological polar surface area (TPSA) is 70.5 Å². The third-order valence-corrected chi connectivity index (χ3v) is 4.11. The number of anilines is 2. The fourth-order valence-electron chi connectivity index (χ4n) is 2.25. The van der Waals surface area contributed by atoms with Gasteiger partial charge in [0.05, 0.1) is 0 Å². The van der Waals surface area contributed by atoms with Crippen LogP contribution in [-0.2, 0) is 18.4 Å². The van der Waals surface area contributed by atoms with Crippen molar-refractivity contribution in [1.82, 2.24) is 19.4 Å². The van der Waals surface area contributed by atoms with Gasteiger partial charge in [-0.05, 0) is 40.7 Å². The quantitative estimate of drug-likeness (QED) is 0.675. The number of amides is 1. The second-order valence-corrected chi connectivity index (χ2v) is 6.79. The third kappa shape index (κ3) is 5.68. The Balaban J connectivity index is 1.98. The van der Waals surface area contributed by atoms with Gasteiger partial charge >= 0.3 is 0 Å². The van der Waals surface area contributed by atoms with Crippen LogP contribution in [0, 0.1) is 0 Å². The highest BCUT2D eigenvalue weighted by molar-refractivity contribution is 9.10. The zero-order valence-corrected chi connectivity index (χ0v) is 16.2.